The van der Waals surface area contributed by atoms with Gasteiger partial charge in [-0.2, -0.15) is 0 Å². The highest BCUT2D eigenvalue weighted by atomic mass is 32.2. The van der Waals surface area contributed by atoms with E-state index < -0.39 is 15.6 Å². The van der Waals surface area contributed by atoms with Gasteiger partial charge in [0.25, 0.3) is 0 Å². The lowest BCUT2D eigenvalue weighted by Crippen LogP contribution is -2.40. The number of imide groups is 1. The van der Waals surface area contributed by atoms with E-state index in [1.807, 2.05) is 0 Å². The zero-order valence-electron chi connectivity index (χ0n) is 13.2. The van der Waals surface area contributed by atoms with E-state index >= 15 is 0 Å². The lowest BCUT2D eigenvalue weighted by molar-refractivity contribution is -0.121. The number of aliphatic hydroxyl groups is 1. The molecule has 130 valence electrons. The zero-order valence-corrected chi connectivity index (χ0v) is 14.0. The number of rotatable bonds is 5. The lowest BCUT2D eigenvalue weighted by Gasteiger charge is -2.22. The Balaban J connectivity index is 1.72. The molecule has 2 amide bonds. The number of sulfonamides is 1. The molecule has 3 rings (SSSR count). The van der Waals surface area contributed by atoms with Crippen molar-refractivity contribution in [1.29, 1.82) is 0 Å². The average molecular weight is 352 g/mol. The van der Waals surface area contributed by atoms with Crippen LogP contribution in [-0.4, -0.2) is 37.5 Å². The number of amides is 2. The summed E-state index contributed by atoms with van der Waals surface area (Å²) >= 11 is 0. The molecule has 0 spiro atoms. The van der Waals surface area contributed by atoms with Crippen LogP contribution in [0, 0.1) is 0 Å². The van der Waals surface area contributed by atoms with Crippen LogP contribution in [0.1, 0.15) is 38.5 Å². The standard InChI is InChI=1S/C16H20N2O5S/c19-14-7-8-15(20)18(14)12-3-5-13(6-4-12)24(22,23)17-11-16(21)9-1-2-10-16/h3-6,17,21H,1-2,7-11H2. The van der Waals surface area contributed by atoms with E-state index in [-0.39, 0.29) is 36.1 Å². The Morgan fingerprint density at radius 2 is 1.58 bits per heavy atom. The number of hydrogen-bond donors (Lipinski definition) is 2. The number of anilines is 1. The fraction of sp³-hybridized carbons (Fsp3) is 0.500. The van der Waals surface area contributed by atoms with E-state index in [4.69, 9.17) is 0 Å². The van der Waals surface area contributed by atoms with Crippen molar-refractivity contribution in [2.24, 2.45) is 0 Å². The topological polar surface area (TPSA) is 104 Å². The van der Waals surface area contributed by atoms with Crippen LogP contribution in [0.2, 0.25) is 0 Å². The predicted octanol–water partition coefficient (Wildman–Crippen LogP) is 0.923. The number of benzene rings is 1. The van der Waals surface area contributed by atoms with E-state index in [0.717, 1.165) is 17.7 Å². The van der Waals surface area contributed by atoms with Gasteiger partial charge in [0.2, 0.25) is 21.8 Å². The van der Waals surface area contributed by atoms with Crippen LogP contribution < -0.4 is 9.62 Å². The molecule has 2 fully saturated rings. The van der Waals surface area contributed by atoms with Crippen LogP contribution in [0.15, 0.2) is 29.2 Å². The van der Waals surface area contributed by atoms with Crippen LogP contribution in [0.5, 0.6) is 0 Å². The molecular weight excluding hydrogens is 332 g/mol. The quantitative estimate of drug-likeness (QED) is 0.767. The van der Waals surface area contributed by atoms with Crippen molar-refractivity contribution in [1.82, 2.24) is 4.72 Å². The van der Waals surface area contributed by atoms with Crippen LogP contribution >= 0.6 is 0 Å². The minimum Gasteiger partial charge on any atom is -0.389 e. The van der Waals surface area contributed by atoms with Crippen LogP contribution in [-0.2, 0) is 19.6 Å². The Hall–Kier alpha value is -1.77. The smallest absolute Gasteiger partial charge is 0.240 e. The number of carbonyl (C=O) groups excluding carboxylic acids is 2. The molecule has 2 N–H and O–H groups in total. The van der Waals surface area contributed by atoms with Crippen molar-refractivity contribution in [3.63, 3.8) is 0 Å². The molecule has 2 aliphatic rings. The van der Waals surface area contributed by atoms with E-state index in [1.165, 1.54) is 24.3 Å². The normalized spacial score (nSPS) is 20.8. The Morgan fingerprint density at radius 1 is 1.04 bits per heavy atom. The van der Waals surface area contributed by atoms with Crippen molar-refractivity contribution in [3.8, 4) is 0 Å². The average Bonchev–Trinajstić information content (AvgIpc) is 3.13. The second-order valence-corrected chi connectivity index (χ2v) is 8.14. The van der Waals surface area contributed by atoms with Crippen LogP contribution in [0.4, 0.5) is 5.69 Å². The van der Waals surface area contributed by atoms with Crippen LogP contribution in [0.3, 0.4) is 0 Å². The van der Waals surface area contributed by atoms with Gasteiger partial charge in [-0.1, -0.05) is 12.8 Å². The highest BCUT2D eigenvalue weighted by Gasteiger charge is 2.33. The second kappa shape index (κ2) is 6.27. The van der Waals surface area contributed by atoms with Crippen molar-refractivity contribution in [2.45, 2.75) is 49.0 Å². The molecule has 1 aromatic carbocycles. The summed E-state index contributed by atoms with van der Waals surface area (Å²) in [7, 11) is -3.75. The lowest BCUT2D eigenvalue weighted by atomic mass is 10.0. The summed E-state index contributed by atoms with van der Waals surface area (Å²) in [5.41, 5.74) is -0.600. The predicted molar refractivity (Wildman–Crippen MR) is 86.8 cm³/mol. The first-order valence-corrected chi connectivity index (χ1v) is 9.47. The molecule has 1 aliphatic heterocycles. The van der Waals surface area contributed by atoms with Gasteiger partial charge in [0.1, 0.15) is 0 Å². The van der Waals surface area contributed by atoms with Gasteiger partial charge in [-0.25, -0.2) is 13.1 Å². The third-order valence-electron chi connectivity index (χ3n) is 4.58. The summed E-state index contributed by atoms with van der Waals surface area (Å²) in [6, 6.07) is 5.60. The minimum absolute atomic E-state index is 0.0137. The van der Waals surface area contributed by atoms with Crippen LogP contribution in [0.25, 0.3) is 0 Å². The van der Waals surface area contributed by atoms with Crippen molar-refractivity contribution < 1.29 is 23.1 Å². The van der Waals surface area contributed by atoms with E-state index in [1.54, 1.807) is 0 Å². The molecule has 1 heterocycles. The van der Waals surface area contributed by atoms with Crippen molar-refractivity contribution in [2.75, 3.05) is 11.4 Å². The zero-order chi connectivity index (χ0) is 17.4. The summed E-state index contributed by atoms with van der Waals surface area (Å²) < 4.78 is 27.1. The third-order valence-corrected chi connectivity index (χ3v) is 6.00. The molecule has 24 heavy (non-hydrogen) atoms. The Bertz CT molecular complexity index is 735. The summed E-state index contributed by atoms with van der Waals surface area (Å²) in [6.07, 6.45) is 3.33. The van der Waals surface area contributed by atoms with Gasteiger partial charge in [-0.3, -0.25) is 14.5 Å². The van der Waals surface area contributed by atoms with Gasteiger partial charge >= 0.3 is 0 Å². The van der Waals surface area contributed by atoms with Crippen molar-refractivity contribution in [3.05, 3.63) is 24.3 Å². The molecule has 1 aliphatic carbocycles. The fourth-order valence-corrected chi connectivity index (χ4v) is 4.28. The van der Waals surface area contributed by atoms with Gasteiger partial charge < -0.3 is 5.11 Å². The highest BCUT2D eigenvalue weighted by Crippen LogP contribution is 2.29. The fourth-order valence-electron chi connectivity index (χ4n) is 3.16. The first-order chi connectivity index (χ1) is 11.3. The number of carbonyl (C=O) groups is 2. The van der Waals surface area contributed by atoms with E-state index in [2.05, 4.69) is 4.72 Å². The van der Waals surface area contributed by atoms with Gasteiger partial charge in [-0.15, -0.1) is 0 Å². The monoisotopic (exact) mass is 352 g/mol. The number of nitrogens with one attached hydrogen (secondary N) is 1. The maximum Gasteiger partial charge on any atom is 0.240 e. The molecule has 0 bridgehead atoms. The third kappa shape index (κ3) is 3.35. The molecule has 1 aromatic rings. The summed E-state index contributed by atoms with van der Waals surface area (Å²) in [4.78, 5) is 24.5. The summed E-state index contributed by atoms with van der Waals surface area (Å²) in [5, 5.41) is 10.2. The maximum absolute atomic E-state index is 12.3. The molecule has 0 atom stereocenters. The molecule has 0 unspecified atom stereocenters. The first-order valence-electron chi connectivity index (χ1n) is 7.99. The van der Waals surface area contributed by atoms with E-state index in [9.17, 15) is 23.1 Å². The van der Waals surface area contributed by atoms with Crippen molar-refractivity contribution >= 4 is 27.5 Å². The first kappa shape index (κ1) is 17.1. The Kier molecular flexibility index (Phi) is 4.46. The molecule has 1 saturated carbocycles. The summed E-state index contributed by atoms with van der Waals surface area (Å²) in [5.74, 6) is -0.561. The molecule has 0 aromatic heterocycles. The minimum atomic E-state index is -3.75. The highest BCUT2D eigenvalue weighted by molar-refractivity contribution is 7.89. The molecule has 1 saturated heterocycles. The van der Waals surface area contributed by atoms with E-state index in [0.29, 0.717) is 18.5 Å². The maximum atomic E-state index is 12.3. The summed E-state index contributed by atoms with van der Waals surface area (Å²) in [6.45, 7) is -0.0137. The SMILES string of the molecule is O=C1CCC(=O)N1c1ccc(S(=O)(=O)NCC2(O)CCCC2)cc1. The molecule has 7 nitrogen and oxygen atoms in total. The Morgan fingerprint density at radius 3 is 2.12 bits per heavy atom. The number of nitrogens with zero attached hydrogens (tertiary/aromatic N) is 1. The molecule has 0 radical (unpaired) electrons. The molecular formula is C16H20N2O5S. The second-order valence-electron chi connectivity index (χ2n) is 6.37. The Labute approximate surface area is 140 Å². The molecule has 8 heteroatoms. The van der Waals surface area contributed by atoms with Gasteiger partial charge in [0.15, 0.2) is 0 Å². The number of hydrogen-bond acceptors (Lipinski definition) is 5. The van der Waals surface area contributed by atoms with Gasteiger partial charge in [-0.05, 0) is 37.1 Å². The van der Waals surface area contributed by atoms with Gasteiger partial charge in [0, 0.05) is 19.4 Å². The largest absolute Gasteiger partial charge is 0.389 e. The van der Waals surface area contributed by atoms with Gasteiger partial charge in [0.05, 0.1) is 16.2 Å².